The summed E-state index contributed by atoms with van der Waals surface area (Å²) < 4.78 is 5.17. The number of hydrogen-bond donors (Lipinski definition) is 1. The van der Waals surface area contributed by atoms with Crippen molar-refractivity contribution in [1.29, 1.82) is 0 Å². The van der Waals surface area contributed by atoms with Gasteiger partial charge in [0.05, 0.1) is 6.61 Å². The van der Waals surface area contributed by atoms with Gasteiger partial charge in [0, 0.05) is 25.4 Å². The van der Waals surface area contributed by atoms with Crippen LogP contribution < -0.4 is 5.32 Å². The SMILES string of the molecule is COCC(NCCSC)C1CC1. The highest BCUT2D eigenvalue weighted by Gasteiger charge is 2.30. The van der Waals surface area contributed by atoms with Gasteiger partial charge in [-0.3, -0.25) is 0 Å². The normalized spacial score (nSPS) is 19.5. The summed E-state index contributed by atoms with van der Waals surface area (Å²) in [4.78, 5) is 0. The van der Waals surface area contributed by atoms with Crippen molar-refractivity contribution in [3.8, 4) is 0 Å². The largest absolute Gasteiger partial charge is 0.383 e. The van der Waals surface area contributed by atoms with E-state index in [1.807, 2.05) is 11.8 Å². The van der Waals surface area contributed by atoms with E-state index in [2.05, 4.69) is 11.6 Å². The molecule has 0 bridgehead atoms. The molecule has 0 aromatic rings. The molecule has 3 heteroatoms. The Kier molecular flexibility index (Phi) is 5.04. The molecule has 72 valence electrons. The summed E-state index contributed by atoms with van der Waals surface area (Å²) in [6.07, 6.45) is 4.92. The summed E-state index contributed by atoms with van der Waals surface area (Å²) in [5.74, 6) is 2.10. The molecule has 1 unspecified atom stereocenters. The predicted octanol–water partition coefficient (Wildman–Crippen LogP) is 1.36. The summed E-state index contributed by atoms with van der Waals surface area (Å²) in [5.41, 5.74) is 0. The molecular formula is C9H19NOS. The predicted molar refractivity (Wildman–Crippen MR) is 54.8 cm³/mol. The van der Waals surface area contributed by atoms with Crippen LogP contribution in [0, 0.1) is 5.92 Å². The zero-order chi connectivity index (χ0) is 8.81. The molecule has 0 aromatic heterocycles. The van der Waals surface area contributed by atoms with Gasteiger partial charge in [-0.05, 0) is 25.0 Å². The van der Waals surface area contributed by atoms with Gasteiger partial charge in [0.15, 0.2) is 0 Å². The maximum Gasteiger partial charge on any atom is 0.0618 e. The van der Waals surface area contributed by atoms with Gasteiger partial charge in [0.25, 0.3) is 0 Å². The van der Waals surface area contributed by atoms with Gasteiger partial charge in [-0.1, -0.05) is 0 Å². The number of methoxy groups -OCH3 is 1. The minimum atomic E-state index is 0.613. The highest BCUT2D eigenvalue weighted by Crippen LogP contribution is 2.32. The van der Waals surface area contributed by atoms with E-state index in [1.54, 1.807) is 7.11 Å². The quantitative estimate of drug-likeness (QED) is 0.611. The maximum absolute atomic E-state index is 5.17. The van der Waals surface area contributed by atoms with Gasteiger partial charge < -0.3 is 10.1 Å². The van der Waals surface area contributed by atoms with Crippen LogP contribution in [0.3, 0.4) is 0 Å². The molecule has 1 aliphatic carbocycles. The van der Waals surface area contributed by atoms with Crippen molar-refractivity contribution in [2.45, 2.75) is 18.9 Å². The van der Waals surface area contributed by atoms with Crippen molar-refractivity contribution in [1.82, 2.24) is 5.32 Å². The van der Waals surface area contributed by atoms with Gasteiger partial charge in [0.1, 0.15) is 0 Å². The average molecular weight is 189 g/mol. The molecule has 1 atom stereocenters. The first-order valence-corrected chi connectivity index (χ1v) is 5.99. The second kappa shape index (κ2) is 5.84. The van der Waals surface area contributed by atoms with Gasteiger partial charge in [-0.15, -0.1) is 0 Å². The lowest BCUT2D eigenvalue weighted by Gasteiger charge is -2.16. The van der Waals surface area contributed by atoms with Gasteiger partial charge in [-0.2, -0.15) is 11.8 Å². The summed E-state index contributed by atoms with van der Waals surface area (Å²) >= 11 is 1.89. The minimum absolute atomic E-state index is 0.613. The zero-order valence-corrected chi connectivity index (χ0v) is 8.82. The zero-order valence-electron chi connectivity index (χ0n) is 8.01. The minimum Gasteiger partial charge on any atom is -0.383 e. The Morgan fingerprint density at radius 2 is 2.33 bits per heavy atom. The molecule has 1 fully saturated rings. The molecule has 12 heavy (non-hydrogen) atoms. The third kappa shape index (κ3) is 3.78. The molecule has 0 amide bonds. The van der Waals surface area contributed by atoms with Crippen LogP contribution in [0.15, 0.2) is 0 Å². The molecule has 0 aromatic carbocycles. The Balaban J connectivity index is 2.05. The van der Waals surface area contributed by atoms with E-state index < -0.39 is 0 Å². The van der Waals surface area contributed by atoms with Crippen LogP contribution in [0.2, 0.25) is 0 Å². The second-order valence-corrected chi connectivity index (χ2v) is 4.33. The topological polar surface area (TPSA) is 21.3 Å². The number of ether oxygens (including phenoxy) is 1. The van der Waals surface area contributed by atoms with Crippen molar-refractivity contribution < 1.29 is 4.74 Å². The molecular weight excluding hydrogens is 170 g/mol. The summed E-state index contributed by atoms with van der Waals surface area (Å²) in [6, 6.07) is 0.613. The Bertz CT molecular complexity index is 117. The molecule has 0 saturated heterocycles. The monoisotopic (exact) mass is 189 g/mol. The van der Waals surface area contributed by atoms with Crippen molar-refractivity contribution in [2.75, 3.05) is 32.3 Å². The Labute approximate surface area is 79.4 Å². The highest BCUT2D eigenvalue weighted by atomic mass is 32.2. The summed E-state index contributed by atoms with van der Waals surface area (Å²) in [5, 5.41) is 3.54. The van der Waals surface area contributed by atoms with Crippen LogP contribution >= 0.6 is 11.8 Å². The first kappa shape index (κ1) is 10.4. The number of thioether (sulfide) groups is 1. The third-order valence-electron chi connectivity index (χ3n) is 2.25. The molecule has 0 heterocycles. The molecule has 1 rings (SSSR count). The standard InChI is InChI=1S/C9H19NOS/c1-11-7-9(8-3-4-8)10-5-6-12-2/h8-10H,3-7H2,1-2H3. The molecule has 1 aliphatic rings. The van der Waals surface area contributed by atoms with Gasteiger partial charge in [0.2, 0.25) is 0 Å². The fourth-order valence-electron chi connectivity index (χ4n) is 1.39. The van der Waals surface area contributed by atoms with E-state index in [-0.39, 0.29) is 0 Å². The molecule has 2 nitrogen and oxygen atoms in total. The van der Waals surface area contributed by atoms with Crippen LogP contribution in [0.5, 0.6) is 0 Å². The molecule has 1 N–H and O–H groups in total. The van der Waals surface area contributed by atoms with Gasteiger partial charge >= 0.3 is 0 Å². The second-order valence-electron chi connectivity index (χ2n) is 3.35. The van der Waals surface area contributed by atoms with Crippen molar-refractivity contribution >= 4 is 11.8 Å². The van der Waals surface area contributed by atoms with E-state index in [0.29, 0.717) is 6.04 Å². The van der Waals surface area contributed by atoms with Crippen LogP contribution in [-0.4, -0.2) is 38.3 Å². The lowest BCUT2D eigenvalue weighted by molar-refractivity contribution is 0.159. The number of nitrogens with one attached hydrogen (secondary N) is 1. The van der Waals surface area contributed by atoms with E-state index in [9.17, 15) is 0 Å². The fraction of sp³-hybridized carbons (Fsp3) is 1.00. The molecule has 0 radical (unpaired) electrons. The number of rotatable bonds is 7. The number of hydrogen-bond acceptors (Lipinski definition) is 3. The highest BCUT2D eigenvalue weighted by molar-refractivity contribution is 7.98. The van der Waals surface area contributed by atoms with Crippen molar-refractivity contribution in [3.63, 3.8) is 0 Å². The van der Waals surface area contributed by atoms with Gasteiger partial charge in [-0.25, -0.2) is 0 Å². The van der Waals surface area contributed by atoms with Crippen molar-refractivity contribution in [2.24, 2.45) is 5.92 Å². The van der Waals surface area contributed by atoms with Crippen molar-refractivity contribution in [3.05, 3.63) is 0 Å². The maximum atomic E-state index is 5.17. The van der Waals surface area contributed by atoms with E-state index in [4.69, 9.17) is 4.74 Å². The lowest BCUT2D eigenvalue weighted by atomic mass is 10.2. The molecule has 0 spiro atoms. The van der Waals surface area contributed by atoms with E-state index in [0.717, 1.165) is 19.1 Å². The Hall–Kier alpha value is 0.270. The van der Waals surface area contributed by atoms with Crippen LogP contribution in [0.25, 0.3) is 0 Å². The van der Waals surface area contributed by atoms with Crippen LogP contribution in [0.4, 0.5) is 0 Å². The summed E-state index contributed by atoms with van der Waals surface area (Å²) in [6.45, 7) is 1.99. The Morgan fingerprint density at radius 1 is 1.58 bits per heavy atom. The van der Waals surface area contributed by atoms with Crippen LogP contribution in [0.1, 0.15) is 12.8 Å². The molecule has 1 saturated carbocycles. The Morgan fingerprint density at radius 3 is 2.83 bits per heavy atom. The lowest BCUT2D eigenvalue weighted by Crippen LogP contribution is -2.36. The molecule has 0 aliphatic heterocycles. The smallest absolute Gasteiger partial charge is 0.0618 e. The summed E-state index contributed by atoms with van der Waals surface area (Å²) in [7, 11) is 1.78. The average Bonchev–Trinajstić information content (AvgIpc) is 2.86. The first-order valence-electron chi connectivity index (χ1n) is 4.59. The van der Waals surface area contributed by atoms with E-state index in [1.165, 1.54) is 18.6 Å². The fourth-order valence-corrected chi connectivity index (χ4v) is 1.71. The van der Waals surface area contributed by atoms with Crippen LogP contribution in [-0.2, 0) is 4.74 Å². The van der Waals surface area contributed by atoms with E-state index >= 15 is 0 Å². The first-order chi connectivity index (χ1) is 5.88. The third-order valence-corrected chi connectivity index (χ3v) is 2.86.